The van der Waals surface area contributed by atoms with Gasteiger partial charge in [-0.2, -0.15) is 0 Å². The third kappa shape index (κ3) is 2.83. The molecule has 0 aromatic carbocycles. The Morgan fingerprint density at radius 1 is 1.12 bits per heavy atom. The van der Waals surface area contributed by atoms with E-state index in [9.17, 15) is 9.59 Å². The molecule has 0 bridgehead atoms. The summed E-state index contributed by atoms with van der Waals surface area (Å²) < 4.78 is 0. The lowest BCUT2D eigenvalue weighted by Gasteiger charge is -2.32. The molecule has 2 rings (SSSR count). The normalized spacial score (nSPS) is 18.5. The van der Waals surface area contributed by atoms with Crippen LogP contribution in [0.2, 0.25) is 0 Å². The van der Waals surface area contributed by atoms with E-state index in [4.69, 9.17) is 0 Å². The highest BCUT2D eigenvalue weighted by Gasteiger charge is 2.16. The molecule has 1 aromatic heterocycles. The number of hydrogen-bond donors (Lipinski definition) is 2. The molecule has 6 nitrogen and oxygen atoms in total. The lowest BCUT2D eigenvalue weighted by atomic mass is 10.2. The zero-order valence-electron chi connectivity index (χ0n) is 10.2. The SMILES string of the molecule is Cc1[nH]c(=O)[nH]c(=O)c1CN1CCN(C)CC1. The molecule has 0 aliphatic carbocycles. The van der Waals surface area contributed by atoms with Crippen molar-refractivity contribution in [3.63, 3.8) is 0 Å². The highest BCUT2D eigenvalue weighted by molar-refractivity contribution is 5.14. The van der Waals surface area contributed by atoms with Gasteiger partial charge in [-0.15, -0.1) is 0 Å². The highest BCUT2D eigenvalue weighted by atomic mass is 16.2. The summed E-state index contributed by atoms with van der Waals surface area (Å²) in [6, 6.07) is 0. The predicted octanol–water partition coefficient (Wildman–Crippen LogP) is -0.881. The van der Waals surface area contributed by atoms with E-state index in [-0.39, 0.29) is 5.56 Å². The maximum atomic E-state index is 11.7. The number of piperazine rings is 1. The fourth-order valence-corrected chi connectivity index (χ4v) is 2.05. The van der Waals surface area contributed by atoms with E-state index < -0.39 is 5.69 Å². The first-order chi connectivity index (χ1) is 8.06. The van der Waals surface area contributed by atoms with Gasteiger partial charge in [-0.1, -0.05) is 0 Å². The third-order valence-electron chi connectivity index (χ3n) is 3.23. The number of rotatable bonds is 2. The summed E-state index contributed by atoms with van der Waals surface area (Å²) in [7, 11) is 2.09. The van der Waals surface area contributed by atoms with Crippen molar-refractivity contribution >= 4 is 0 Å². The maximum absolute atomic E-state index is 11.7. The molecule has 1 aliphatic rings. The molecular weight excluding hydrogens is 220 g/mol. The van der Waals surface area contributed by atoms with Gasteiger partial charge < -0.3 is 9.88 Å². The lowest BCUT2D eigenvalue weighted by molar-refractivity contribution is 0.147. The predicted molar refractivity (Wildman–Crippen MR) is 65.2 cm³/mol. The molecule has 0 spiro atoms. The minimum Gasteiger partial charge on any atom is -0.311 e. The van der Waals surface area contributed by atoms with Crippen molar-refractivity contribution in [2.24, 2.45) is 0 Å². The molecule has 0 atom stereocenters. The maximum Gasteiger partial charge on any atom is 0.325 e. The molecule has 1 saturated heterocycles. The van der Waals surface area contributed by atoms with Gasteiger partial charge in [0.2, 0.25) is 0 Å². The summed E-state index contributed by atoms with van der Waals surface area (Å²) in [4.78, 5) is 32.2. The number of aryl methyl sites for hydroxylation is 1. The van der Waals surface area contributed by atoms with Crippen molar-refractivity contribution in [2.45, 2.75) is 13.5 Å². The van der Waals surface area contributed by atoms with Crippen molar-refractivity contribution in [2.75, 3.05) is 33.2 Å². The van der Waals surface area contributed by atoms with E-state index in [1.54, 1.807) is 6.92 Å². The quantitative estimate of drug-likeness (QED) is 0.702. The van der Waals surface area contributed by atoms with Gasteiger partial charge in [-0.05, 0) is 14.0 Å². The molecule has 0 saturated carbocycles. The minimum absolute atomic E-state index is 0.273. The molecular formula is C11H18N4O2. The molecule has 2 N–H and O–H groups in total. The Balaban J connectivity index is 2.14. The highest BCUT2D eigenvalue weighted by Crippen LogP contribution is 2.05. The van der Waals surface area contributed by atoms with E-state index in [0.29, 0.717) is 17.8 Å². The van der Waals surface area contributed by atoms with Crippen LogP contribution in [0, 0.1) is 6.92 Å². The first kappa shape index (κ1) is 12.1. The first-order valence-corrected chi connectivity index (χ1v) is 5.79. The summed E-state index contributed by atoms with van der Waals surface area (Å²) >= 11 is 0. The van der Waals surface area contributed by atoms with Crippen molar-refractivity contribution in [3.05, 3.63) is 32.1 Å². The van der Waals surface area contributed by atoms with Gasteiger partial charge in [0.05, 0.1) is 5.56 Å². The molecule has 1 aliphatic heterocycles. The zero-order chi connectivity index (χ0) is 12.4. The second-order valence-corrected chi connectivity index (χ2v) is 4.59. The number of likely N-dealkylation sites (N-methyl/N-ethyl adjacent to an activating group) is 1. The van der Waals surface area contributed by atoms with E-state index in [0.717, 1.165) is 26.2 Å². The summed E-state index contributed by atoms with van der Waals surface area (Å²) in [5, 5.41) is 0. The van der Waals surface area contributed by atoms with Crippen LogP contribution in [0.5, 0.6) is 0 Å². The Morgan fingerprint density at radius 3 is 2.35 bits per heavy atom. The van der Waals surface area contributed by atoms with E-state index in [2.05, 4.69) is 26.8 Å². The van der Waals surface area contributed by atoms with Crippen molar-refractivity contribution in [1.29, 1.82) is 0 Å². The standard InChI is InChI=1S/C11H18N4O2/c1-8-9(10(16)13-11(17)12-8)7-15-5-3-14(2)4-6-15/h3-7H2,1-2H3,(H2,12,13,16,17). The molecule has 94 valence electrons. The third-order valence-corrected chi connectivity index (χ3v) is 3.23. The Hall–Kier alpha value is -1.40. The average Bonchev–Trinajstić information content (AvgIpc) is 2.26. The molecule has 6 heteroatoms. The molecule has 1 aromatic rings. The largest absolute Gasteiger partial charge is 0.325 e. The number of nitrogens with one attached hydrogen (secondary N) is 2. The summed E-state index contributed by atoms with van der Waals surface area (Å²) in [6.45, 7) is 6.30. The minimum atomic E-state index is -0.436. The van der Waals surface area contributed by atoms with Crippen LogP contribution in [-0.4, -0.2) is 53.0 Å². The Bertz CT molecular complexity index is 497. The van der Waals surface area contributed by atoms with Gasteiger partial charge in [0.1, 0.15) is 0 Å². The Labute approximate surface area is 99.3 Å². The summed E-state index contributed by atoms with van der Waals surface area (Å²) in [5.74, 6) is 0. The molecule has 1 fully saturated rings. The van der Waals surface area contributed by atoms with E-state index >= 15 is 0 Å². The lowest BCUT2D eigenvalue weighted by Crippen LogP contribution is -2.45. The van der Waals surface area contributed by atoms with Crippen LogP contribution in [-0.2, 0) is 6.54 Å². The number of hydrogen-bond acceptors (Lipinski definition) is 4. The second-order valence-electron chi connectivity index (χ2n) is 4.59. The Kier molecular flexibility index (Phi) is 3.44. The fraction of sp³-hybridized carbons (Fsp3) is 0.636. The molecule has 0 amide bonds. The van der Waals surface area contributed by atoms with E-state index in [1.165, 1.54) is 0 Å². The fourth-order valence-electron chi connectivity index (χ4n) is 2.05. The van der Waals surface area contributed by atoms with Gasteiger partial charge in [-0.25, -0.2) is 4.79 Å². The van der Waals surface area contributed by atoms with Crippen molar-refractivity contribution < 1.29 is 0 Å². The number of aromatic amines is 2. The molecule has 2 heterocycles. The van der Waals surface area contributed by atoms with Crippen LogP contribution in [0.25, 0.3) is 0 Å². The monoisotopic (exact) mass is 238 g/mol. The number of nitrogens with zero attached hydrogens (tertiary/aromatic N) is 2. The van der Waals surface area contributed by atoms with Crippen LogP contribution in [0.15, 0.2) is 9.59 Å². The van der Waals surface area contributed by atoms with Crippen molar-refractivity contribution in [3.8, 4) is 0 Å². The van der Waals surface area contributed by atoms with Gasteiger partial charge >= 0.3 is 5.69 Å². The van der Waals surface area contributed by atoms with Gasteiger partial charge in [0.25, 0.3) is 5.56 Å². The molecule has 0 radical (unpaired) electrons. The number of aromatic nitrogens is 2. The van der Waals surface area contributed by atoms with Crippen LogP contribution in [0.3, 0.4) is 0 Å². The van der Waals surface area contributed by atoms with Crippen LogP contribution in [0.4, 0.5) is 0 Å². The van der Waals surface area contributed by atoms with Crippen LogP contribution < -0.4 is 11.2 Å². The Morgan fingerprint density at radius 2 is 1.76 bits per heavy atom. The average molecular weight is 238 g/mol. The van der Waals surface area contributed by atoms with Crippen molar-refractivity contribution in [1.82, 2.24) is 19.8 Å². The summed E-state index contributed by atoms with van der Waals surface area (Å²) in [6.07, 6.45) is 0. The van der Waals surface area contributed by atoms with Crippen LogP contribution >= 0.6 is 0 Å². The van der Waals surface area contributed by atoms with Gasteiger partial charge in [0.15, 0.2) is 0 Å². The molecule has 0 unspecified atom stereocenters. The van der Waals surface area contributed by atoms with Gasteiger partial charge in [0, 0.05) is 38.4 Å². The zero-order valence-corrected chi connectivity index (χ0v) is 10.2. The smallest absolute Gasteiger partial charge is 0.311 e. The first-order valence-electron chi connectivity index (χ1n) is 5.79. The topological polar surface area (TPSA) is 72.2 Å². The van der Waals surface area contributed by atoms with Gasteiger partial charge in [-0.3, -0.25) is 14.7 Å². The second kappa shape index (κ2) is 4.85. The summed E-state index contributed by atoms with van der Waals surface area (Å²) in [5.41, 5.74) is 0.617. The van der Waals surface area contributed by atoms with E-state index in [1.807, 2.05) is 0 Å². The molecule has 17 heavy (non-hydrogen) atoms. The number of H-pyrrole nitrogens is 2. The van der Waals surface area contributed by atoms with Crippen LogP contribution in [0.1, 0.15) is 11.3 Å².